The van der Waals surface area contributed by atoms with Crippen molar-refractivity contribution in [3.63, 3.8) is 0 Å². The molecule has 0 unspecified atom stereocenters. The van der Waals surface area contributed by atoms with Gasteiger partial charge in [-0.2, -0.15) is 5.26 Å². The van der Waals surface area contributed by atoms with E-state index in [1.165, 1.54) is 0 Å². The number of nitrogens with zero attached hydrogens (tertiary/aromatic N) is 3. The molecule has 0 N–H and O–H groups in total. The fourth-order valence-corrected chi connectivity index (χ4v) is 2.73. The molecule has 0 aliphatic heterocycles. The first kappa shape index (κ1) is 17.3. The molecule has 1 amide bonds. The van der Waals surface area contributed by atoms with Crippen LogP contribution in [0, 0.1) is 11.3 Å². The highest BCUT2D eigenvalue weighted by atomic mass is 35.5. The van der Waals surface area contributed by atoms with E-state index < -0.39 is 0 Å². The van der Waals surface area contributed by atoms with Gasteiger partial charge in [0.1, 0.15) is 0 Å². The van der Waals surface area contributed by atoms with Gasteiger partial charge in [0.25, 0.3) is 5.91 Å². The standard InChI is InChI=1S/C17H16ClN3OS/c1-23-14-6-7-16(18)15(11-14)17(22)21(10-4-8-19)12-13-5-2-3-9-20-13/h2-3,5-7,9,11H,4,10,12H2,1H3. The molecule has 0 saturated heterocycles. The topological polar surface area (TPSA) is 57.0 Å². The molecule has 1 aromatic carbocycles. The van der Waals surface area contributed by atoms with Crippen LogP contribution in [0.2, 0.25) is 5.02 Å². The molecule has 0 aliphatic rings. The number of pyridine rings is 1. The fourth-order valence-electron chi connectivity index (χ4n) is 2.09. The van der Waals surface area contributed by atoms with Crippen LogP contribution in [0.15, 0.2) is 47.5 Å². The van der Waals surface area contributed by atoms with E-state index in [9.17, 15) is 4.79 Å². The van der Waals surface area contributed by atoms with Crippen molar-refractivity contribution in [1.82, 2.24) is 9.88 Å². The molecule has 0 radical (unpaired) electrons. The van der Waals surface area contributed by atoms with Gasteiger partial charge in [-0.3, -0.25) is 9.78 Å². The number of amides is 1. The smallest absolute Gasteiger partial charge is 0.255 e. The molecule has 1 heterocycles. The first-order valence-electron chi connectivity index (χ1n) is 7.05. The van der Waals surface area contributed by atoms with Gasteiger partial charge in [-0.1, -0.05) is 17.7 Å². The van der Waals surface area contributed by atoms with Crippen molar-refractivity contribution in [2.24, 2.45) is 0 Å². The Bertz CT molecular complexity index is 716. The molecule has 2 rings (SSSR count). The predicted octanol–water partition coefficient (Wildman–Crippen LogP) is 4.01. The van der Waals surface area contributed by atoms with E-state index in [0.29, 0.717) is 23.7 Å². The minimum absolute atomic E-state index is 0.188. The van der Waals surface area contributed by atoms with Gasteiger partial charge in [0.2, 0.25) is 0 Å². The third-order valence-electron chi connectivity index (χ3n) is 3.26. The van der Waals surface area contributed by atoms with Crippen molar-refractivity contribution in [3.05, 3.63) is 58.9 Å². The average Bonchev–Trinajstić information content (AvgIpc) is 2.59. The molecule has 6 heteroatoms. The number of carbonyl (C=O) groups excluding carboxylic acids is 1. The number of hydrogen-bond acceptors (Lipinski definition) is 4. The minimum atomic E-state index is -0.188. The first-order valence-corrected chi connectivity index (χ1v) is 8.65. The van der Waals surface area contributed by atoms with E-state index in [1.807, 2.05) is 30.5 Å². The molecule has 0 bridgehead atoms. The summed E-state index contributed by atoms with van der Waals surface area (Å²) in [6.07, 6.45) is 3.89. The maximum absolute atomic E-state index is 12.8. The summed E-state index contributed by atoms with van der Waals surface area (Å²) in [5, 5.41) is 9.25. The monoisotopic (exact) mass is 345 g/mol. The third kappa shape index (κ3) is 4.72. The van der Waals surface area contributed by atoms with Crippen molar-refractivity contribution in [2.75, 3.05) is 12.8 Å². The van der Waals surface area contributed by atoms with Crippen molar-refractivity contribution in [1.29, 1.82) is 5.26 Å². The zero-order valence-corrected chi connectivity index (χ0v) is 14.3. The van der Waals surface area contributed by atoms with Gasteiger partial charge in [-0.05, 0) is 36.6 Å². The lowest BCUT2D eigenvalue weighted by atomic mass is 10.2. The van der Waals surface area contributed by atoms with Crippen LogP contribution in [-0.2, 0) is 6.54 Å². The van der Waals surface area contributed by atoms with Gasteiger partial charge < -0.3 is 4.90 Å². The van der Waals surface area contributed by atoms with Crippen molar-refractivity contribution >= 4 is 29.3 Å². The molecule has 4 nitrogen and oxygen atoms in total. The minimum Gasteiger partial charge on any atom is -0.332 e. The van der Waals surface area contributed by atoms with Crippen LogP contribution in [0.1, 0.15) is 22.5 Å². The zero-order valence-electron chi connectivity index (χ0n) is 12.7. The Labute approximate surface area is 145 Å². The number of halogens is 1. The fraction of sp³-hybridized carbons (Fsp3) is 0.235. The Kier molecular flexibility index (Phi) is 6.45. The summed E-state index contributed by atoms with van der Waals surface area (Å²) < 4.78 is 0. The molecule has 1 aromatic heterocycles. The van der Waals surface area contributed by atoms with Crippen molar-refractivity contribution in [2.45, 2.75) is 17.9 Å². The number of rotatable bonds is 6. The van der Waals surface area contributed by atoms with Gasteiger partial charge in [0.15, 0.2) is 0 Å². The van der Waals surface area contributed by atoms with Gasteiger partial charge >= 0.3 is 0 Å². The van der Waals surface area contributed by atoms with Crippen LogP contribution in [0.5, 0.6) is 0 Å². The summed E-state index contributed by atoms with van der Waals surface area (Å²) in [5.74, 6) is -0.188. The molecular formula is C17H16ClN3OS. The molecule has 0 atom stereocenters. The Balaban J connectivity index is 2.27. The van der Waals surface area contributed by atoms with E-state index in [2.05, 4.69) is 11.1 Å². The first-order chi connectivity index (χ1) is 11.2. The lowest BCUT2D eigenvalue weighted by Gasteiger charge is -2.22. The molecular weight excluding hydrogens is 330 g/mol. The summed E-state index contributed by atoms with van der Waals surface area (Å²) >= 11 is 7.74. The largest absolute Gasteiger partial charge is 0.332 e. The SMILES string of the molecule is CSc1ccc(Cl)c(C(=O)N(CCC#N)Cc2ccccn2)c1. The highest BCUT2D eigenvalue weighted by Gasteiger charge is 2.19. The molecule has 0 aliphatic carbocycles. The number of nitriles is 1. The van der Waals surface area contributed by atoms with Crippen molar-refractivity contribution in [3.8, 4) is 6.07 Å². The Hall–Kier alpha value is -2.03. The second-order valence-electron chi connectivity index (χ2n) is 4.80. The Morgan fingerprint density at radius 2 is 2.22 bits per heavy atom. The number of benzene rings is 1. The van der Waals surface area contributed by atoms with E-state index in [0.717, 1.165) is 10.6 Å². The van der Waals surface area contributed by atoms with Gasteiger partial charge in [0.05, 0.1) is 35.3 Å². The predicted molar refractivity (Wildman–Crippen MR) is 92.4 cm³/mol. The zero-order chi connectivity index (χ0) is 16.7. The van der Waals surface area contributed by atoms with E-state index >= 15 is 0 Å². The molecule has 0 fully saturated rings. The highest BCUT2D eigenvalue weighted by Crippen LogP contribution is 2.24. The van der Waals surface area contributed by atoms with Crippen LogP contribution in [0.4, 0.5) is 0 Å². The maximum Gasteiger partial charge on any atom is 0.255 e. The van der Waals surface area contributed by atoms with E-state index in [4.69, 9.17) is 16.9 Å². The number of thioether (sulfide) groups is 1. The number of aromatic nitrogens is 1. The molecule has 23 heavy (non-hydrogen) atoms. The number of carbonyl (C=O) groups is 1. The summed E-state index contributed by atoms with van der Waals surface area (Å²) in [6, 6.07) is 13.0. The van der Waals surface area contributed by atoms with Gasteiger partial charge in [-0.15, -0.1) is 11.8 Å². The van der Waals surface area contributed by atoms with Crippen LogP contribution in [-0.4, -0.2) is 28.6 Å². The molecule has 2 aromatic rings. The van der Waals surface area contributed by atoms with Crippen LogP contribution >= 0.6 is 23.4 Å². The van der Waals surface area contributed by atoms with Crippen LogP contribution in [0.3, 0.4) is 0 Å². The second-order valence-corrected chi connectivity index (χ2v) is 6.09. The molecule has 118 valence electrons. The maximum atomic E-state index is 12.8. The summed E-state index contributed by atoms with van der Waals surface area (Å²) in [4.78, 5) is 19.7. The third-order valence-corrected chi connectivity index (χ3v) is 4.32. The quantitative estimate of drug-likeness (QED) is 0.742. The van der Waals surface area contributed by atoms with E-state index in [-0.39, 0.29) is 12.3 Å². The highest BCUT2D eigenvalue weighted by molar-refractivity contribution is 7.98. The van der Waals surface area contributed by atoms with Gasteiger partial charge in [-0.25, -0.2) is 0 Å². The normalized spacial score (nSPS) is 10.1. The Morgan fingerprint density at radius 3 is 2.87 bits per heavy atom. The molecule has 0 saturated carbocycles. The lowest BCUT2D eigenvalue weighted by molar-refractivity contribution is 0.0745. The van der Waals surface area contributed by atoms with Crippen LogP contribution in [0.25, 0.3) is 0 Å². The second kappa shape index (κ2) is 8.56. The summed E-state index contributed by atoms with van der Waals surface area (Å²) in [6.45, 7) is 0.687. The van der Waals surface area contributed by atoms with Crippen molar-refractivity contribution < 1.29 is 4.79 Å². The summed E-state index contributed by atoms with van der Waals surface area (Å²) in [7, 11) is 0. The number of hydrogen-bond donors (Lipinski definition) is 0. The summed E-state index contributed by atoms with van der Waals surface area (Å²) in [5.41, 5.74) is 1.23. The van der Waals surface area contributed by atoms with E-state index in [1.54, 1.807) is 35.0 Å². The molecule has 0 spiro atoms. The average molecular weight is 346 g/mol. The van der Waals surface area contributed by atoms with Gasteiger partial charge in [0, 0.05) is 17.6 Å². The Morgan fingerprint density at radius 1 is 1.39 bits per heavy atom. The van der Waals surface area contributed by atoms with Crippen LogP contribution < -0.4 is 0 Å². The lowest BCUT2D eigenvalue weighted by Crippen LogP contribution is -2.32.